The Hall–Kier alpha value is -1.02. The third kappa shape index (κ3) is 2.07. The van der Waals surface area contributed by atoms with Crippen LogP contribution in [0.1, 0.15) is 36.1 Å². The molecule has 14 heavy (non-hydrogen) atoms. The van der Waals surface area contributed by atoms with Crippen molar-refractivity contribution in [2.75, 3.05) is 7.11 Å². The van der Waals surface area contributed by atoms with E-state index >= 15 is 0 Å². The quantitative estimate of drug-likeness (QED) is 0.801. The SMILES string of the molecule is CCC(N)c1cc(C)c(OC)cc1C. The summed E-state index contributed by atoms with van der Waals surface area (Å²) in [5, 5.41) is 0. The summed E-state index contributed by atoms with van der Waals surface area (Å²) >= 11 is 0. The van der Waals surface area contributed by atoms with E-state index in [-0.39, 0.29) is 6.04 Å². The smallest absolute Gasteiger partial charge is 0.122 e. The normalized spacial score (nSPS) is 12.6. The Morgan fingerprint density at radius 3 is 2.43 bits per heavy atom. The van der Waals surface area contributed by atoms with Gasteiger partial charge in [-0.15, -0.1) is 0 Å². The maximum atomic E-state index is 6.01. The molecule has 0 aromatic heterocycles. The minimum absolute atomic E-state index is 0.139. The van der Waals surface area contributed by atoms with E-state index in [1.165, 1.54) is 11.1 Å². The first-order valence-electron chi connectivity index (χ1n) is 5.00. The standard InChI is InChI=1S/C12H19NO/c1-5-11(13)10-6-9(3)12(14-4)7-8(10)2/h6-7,11H,5,13H2,1-4H3. The van der Waals surface area contributed by atoms with Gasteiger partial charge in [-0.3, -0.25) is 0 Å². The molecule has 0 fully saturated rings. The Balaban J connectivity index is 3.14. The van der Waals surface area contributed by atoms with Crippen LogP contribution in [0, 0.1) is 13.8 Å². The third-order valence-corrected chi connectivity index (χ3v) is 2.62. The molecule has 0 aliphatic carbocycles. The molecular formula is C12H19NO. The van der Waals surface area contributed by atoms with Crippen LogP contribution >= 0.6 is 0 Å². The van der Waals surface area contributed by atoms with Crippen LogP contribution in [0.25, 0.3) is 0 Å². The van der Waals surface area contributed by atoms with E-state index in [1.807, 2.05) is 6.92 Å². The zero-order chi connectivity index (χ0) is 10.7. The van der Waals surface area contributed by atoms with Gasteiger partial charge in [0, 0.05) is 6.04 Å². The highest BCUT2D eigenvalue weighted by Gasteiger charge is 2.09. The molecule has 0 spiro atoms. The van der Waals surface area contributed by atoms with Gasteiger partial charge >= 0.3 is 0 Å². The van der Waals surface area contributed by atoms with E-state index < -0.39 is 0 Å². The number of rotatable bonds is 3. The van der Waals surface area contributed by atoms with E-state index in [4.69, 9.17) is 10.5 Å². The number of benzene rings is 1. The maximum absolute atomic E-state index is 6.01. The molecule has 2 nitrogen and oxygen atoms in total. The van der Waals surface area contributed by atoms with Gasteiger partial charge < -0.3 is 10.5 Å². The lowest BCUT2D eigenvalue weighted by atomic mass is 9.97. The van der Waals surface area contributed by atoms with E-state index in [2.05, 4.69) is 26.0 Å². The molecule has 0 radical (unpaired) electrons. The van der Waals surface area contributed by atoms with E-state index in [9.17, 15) is 0 Å². The summed E-state index contributed by atoms with van der Waals surface area (Å²) in [5.74, 6) is 0.939. The second-order valence-electron chi connectivity index (χ2n) is 3.69. The van der Waals surface area contributed by atoms with Gasteiger partial charge in [0.05, 0.1) is 7.11 Å². The Kier molecular flexibility index (Phi) is 3.53. The summed E-state index contributed by atoms with van der Waals surface area (Å²) < 4.78 is 5.25. The van der Waals surface area contributed by atoms with Gasteiger partial charge in [-0.25, -0.2) is 0 Å². The van der Waals surface area contributed by atoms with Crippen LogP contribution in [0.5, 0.6) is 5.75 Å². The van der Waals surface area contributed by atoms with Gasteiger partial charge in [0.2, 0.25) is 0 Å². The van der Waals surface area contributed by atoms with Crippen molar-refractivity contribution >= 4 is 0 Å². The van der Waals surface area contributed by atoms with Crippen molar-refractivity contribution in [2.24, 2.45) is 5.73 Å². The predicted molar refractivity (Wildman–Crippen MR) is 59.7 cm³/mol. The van der Waals surface area contributed by atoms with Crippen molar-refractivity contribution in [2.45, 2.75) is 33.2 Å². The van der Waals surface area contributed by atoms with Crippen molar-refractivity contribution in [1.82, 2.24) is 0 Å². The van der Waals surface area contributed by atoms with Crippen LogP contribution in [0.4, 0.5) is 0 Å². The van der Waals surface area contributed by atoms with Gasteiger partial charge in [-0.2, -0.15) is 0 Å². The van der Waals surface area contributed by atoms with Gasteiger partial charge in [-0.05, 0) is 43.0 Å². The summed E-state index contributed by atoms with van der Waals surface area (Å²) in [6.45, 7) is 6.22. The monoisotopic (exact) mass is 193 g/mol. The van der Waals surface area contributed by atoms with Crippen LogP contribution in [0.15, 0.2) is 12.1 Å². The average molecular weight is 193 g/mol. The lowest BCUT2D eigenvalue weighted by Crippen LogP contribution is -2.10. The largest absolute Gasteiger partial charge is 0.496 e. The van der Waals surface area contributed by atoms with Gasteiger partial charge in [0.1, 0.15) is 5.75 Å². The fourth-order valence-electron chi connectivity index (χ4n) is 1.65. The molecular weight excluding hydrogens is 174 g/mol. The van der Waals surface area contributed by atoms with Crippen molar-refractivity contribution in [1.29, 1.82) is 0 Å². The van der Waals surface area contributed by atoms with Gasteiger partial charge in [0.15, 0.2) is 0 Å². The van der Waals surface area contributed by atoms with Crippen LogP contribution in [0.3, 0.4) is 0 Å². The number of aryl methyl sites for hydroxylation is 2. The van der Waals surface area contributed by atoms with Crippen molar-refractivity contribution in [3.8, 4) is 5.75 Å². The second kappa shape index (κ2) is 4.47. The highest BCUT2D eigenvalue weighted by atomic mass is 16.5. The molecule has 0 saturated carbocycles. The molecule has 1 rings (SSSR count). The van der Waals surface area contributed by atoms with Crippen LogP contribution in [-0.2, 0) is 0 Å². The molecule has 1 aromatic rings. The van der Waals surface area contributed by atoms with Crippen LogP contribution < -0.4 is 10.5 Å². The van der Waals surface area contributed by atoms with Crippen LogP contribution in [0.2, 0.25) is 0 Å². The fourth-order valence-corrected chi connectivity index (χ4v) is 1.65. The fraction of sp³-hybridized carbons (Fsp3) is 0.500. The average Bonchev–Trinajstić information content (AvgIpc) is 2.19. The number of ether oxygens (including phenoxy) is 1. The number of nitrogens with two attached hydrogens (primary N) is 1. The molecule has 0 aliphatic rings. The zero-order valence-electron chi connectivity index (χ0n) is 9.42. The third-order valence-electron chi connectivity index (χ3n) is 2.62. The lowest BCUT2D eigenvalue weighted by molar-refractivity contribution is 0.411. The van der Waals surface area contributed by atoms with Crippen LogP contribution in [-0.4, -0.2) is 7.11 Å². The maximum Gasteiger partial charge on any atom is 0.122 e. The highest BCUT2D eigenvalue weighted by molar-refractivity contribution is 5.42. The number of methoxy groups -OCH3 is 1. The van der Waals surface area contributed by atoms with Crippen molar-refractivity contribution in [3.05, 3.63) is 28.8 Å². The minimum atomic E-state index is 0.139. The summed E-state index contributed by atoms with van der Waals surface area (Å²) in [6, 6.07) is 4.32. The van der Waals surface area contributed by atoms with Gasteiger partial charge in [-0.1, -0.05) is 13.0 Å². The molecule has 0 heterocycles. The molecule has 2 heteroatoms. The Labute approximate surface area is 86.1 Å². The predicted octanol–water partition coefficient (Wildman–Crippen LogP) is 2.72. The van der Waals surface area contributed by atoms with E-state index in [0.717, 1.165) is 17.7 Å². The molecule has 2 N–H and O–H groups in total. The molecule has 0 amide bonds. The molecule has 0 aliphatic heterocycles. The molecule has 1 atom stereocenters. The topological polar surface area (TPSA) is 35.2 Å². The zero-order valence-corrected chi connectivity index (χ0v) is 9.42. The minimum Gasteiger partial charge on any atom is -0.496 e. The van der Waals surface area contributed by atoms with E-state index in [0.29, 0.717) is 0 Å². The summed E-state index contributed by atoms with van der Waals surface area (Å²) in [6.07, 6.45) is 0.965. The Morgan fingerprint density at radius 1 is 1.29 bits per heavy atom. The van der Waals surface area contributed by atoms with Crippen molar-refractivity contribution < 1.29 is 4.74 Å². The van der Waals surface area contributed by atoms with Crippen molar-refractivity contribution in [3.63, 3.8) is 0 Å². The summed E-state index contributed by atoms with van der Waals surface area (Å²) in [4.78, 5) is 0. The number of hydrogen-bond acceptors (Lipinski definition) is 2. The number of hydrogen-bond donors (Lipinski definition) is 1. The first kappa shape index (κ1) is 11.1. The Morgan fingerprint density at radius 2 is 1.93 bits per heavy atom. The Bertz CT molecular complexity index is 320. The molecule has 1 unspecified atom stereocenters. The first-order chi connectivity index (χ1) is 6.60. The molecule has 78 valence electrons. The molecule has 0 saturated heterocycles. The highest BCUT2D eigenvalue weighted by Crippen LogP contribution is 2.26. The summed E-state index contributed by atoms with van der Waals surface area (Å²) in [5.41, 5.74) is 9.60. The first-order valence-corrected chi connectivity index (χ1v) is 5.00. The van der Waals surface area contributed by atoms with E-state index in [1.54, 1.807) is 7.11 Å². The lowest BCUT2D eigenvalue weighted by Gasteiger charge is -2.15. The molecule has 1 aromatic carbocycles. The van der Waals surface area contributed by atoms with Gasteiger partial charge in [0.25, 0.3) is 0 Å². The molecule has 0 bridgehead atoms. The summed E-state index contributed by atoms with van der Waals surface area (Å²) in [7, 11) is 1.70. The second-order valence-corrected chi connectivity index (χ2v) is 3.69.